The molecular weight excluding hydrogens is 248 g/mol. The summed E-state index contributed by atoms with van der Waals surface area (Å²) in [4.78, 5) is 1.39. The van der Waals surface area contributed by atoms with Crippen molar-refractivity contribution in [2.75, 3.05) is 0 Å². The molecular formula is C13H21N2S2+. The van der Waals surface area contributed by atoms with E-state index in [1.54, 1.807) is 0 Å². The monoisotopic (exact) mass is 269 g/mol. The highest BCUT2D eigenvalue weighted by Crippen LogP contribution is 2.54. The molecule has 0 saturated carbocycles. The van der Waals surface area contributed by atoms with Gasteiger partial charge < -0.3 is 0 Å². The van der Waals surface area contributed by atoms with Crippen molar-refractivity contribution < 1.29 is 0 Å². The Morgan fingerprint density at radius 1 is 1.18 bits per heavy atom. The van der Waals surface area contributed by atoms with E-state index in [1.807, 2.05) is 11.8 Å². The Bertz CT molecular complexity index is 396. The van der Waals surface area contributed by atoms with E-state index in [9.17, 15) is 0 Å². The molecule has 2 nitrogen and oxygen atoms in total. The fraction of sp³-hybridized carbons (Fsp3) is 0.538. The Morgan fingerprint density at radius 2 is 1.76 bits per heavy atom. The predicted molar refractivity (Wildman–Crippen MR) is 79.9 cm³/mol. The third-order valence-electron chi connectivity index (χ3n) is 3.68. The highest BCUT2D eigenvalue weighted by Gasteiger charge is 2.51. The molecule has 1 unspecified atom stereocenters. The van der Waals surface area contributed by atoms with Gasteiger partial charge in [0, 0.05) is 6.07 Å². The van der Waals surface area contributed by atoms with Crippen LogP contribution in [-0.2, 0) is 0 Å². The van der Waals surface area contributed by atoms with Crippen LogP contribution < -0.4 is 9.62 Å². The zero-order valence-corrected chi connectivity index (χ0v) is 12.5. The minimum atomic E-state index is 0.368. The molecule has 1 atom stereocenters. The Labute approximate surface area is 113 Å². The van der Waals surface area contributed by atoms with E-state index in [-0.39, 0.29) is 0 Å². The van der Waals surface area contributed by atoms with Crippen LogP contribution in [0, 0.1) is 0 Å². The molecule has 1 aromatic rings. The van der Waals surface area contributed by atoms with Crippen molar-refractivity contribution in [2.24, 2.45) is 5.14 Å². The minimum absolute atomic E-state index is 0.368. The van der Waals surface area contributed by atoms with Crippen molar-refractivity contribution in [3.63, 3.8) is 0 Å². The second-order valence-electron chi connectivity index (χ2n) is 5.05. The van der Waals surface area contributed by atoms with E-state index in [0.717, 1.165) is 4.48 Å². The lowest BCUT2D eigenvalue weighted by Gasteiger charge is -2.45. The van der Waals surface area contributed by atoms with Gasteiger partial charge in [-0.2, -0.15) is 0 Å². The first-order valence-corrected chi connectivity index (χ1v) is 7.87. The van der Waals surface area contributed by atoms with Gasteiger partial charge in [-0.15, -0.1) is 0 Å². The van der Waals surface area contributed by atoms with E-state index < -0.39 is 0 Å². The molecule has 0 saturated heterocycles. The van der Waals surface area contributed by atoms with Crippen molar-refractivity contribution in [2.45, 2.75) is 49.4 Å². The smallest absolute Gasteiger partial charge is 0.206 e. The summed E-state index contributed by atoms with van der Waals surface area (Å²) in [5, 5.41) is 5.94. The lowest BCUT2D eigenvalue weighted by Crippen LogP contribution is -2.61. The van der Waals surface area contributed by atoms with Gasteiger partial charge in [-0.1, -0.05) is 12.1 Å². The van der Waals surface area contributed by atoms with Crippen LogP contribution in [0.15, 0.2) is 29.2 Å². The number of benzene rings is 1. The quantitative estimate of drug-likeness (QED) is 0.667. The Morgan fingerprint density at radius 3 is 2.29 bits per heavy atom. The third kappa shape index (κ3) is 1.82. The molecule has 2 N–H and O–H groups in total. The van der Waals surface area contributed by atoms with Crippen LogP contribution in [0.1, 0.15) is 27.7 Å². The maximum absolute atomic E-state index is 5.94. The van der Waals surface area contributed by atoms with Crippen LogP contribution in [0.4, 0.5) is 5.69 Å². The maximum atomic E-state index is 5.94. The van der Waals surface area contributed by atoms with E-state index in [4.69, 9.17) is 5.14 Å². The van der Waals surface area contributed by atoms with Crippen LogP contribution in [0.25, 0.3) is 0 Å². The Hall–Kier alpha value is -0.160. The van der Waals surface area contributed by atoms with Gasteiger partial charge in [0.15, 0.2) is 0 Å². The number of rotatable bonds is 3. The van der Waals surface area contributed by atoms with Crippen LogP contribution in [0.2, 0.25) is 0 Å². The molecule has 17 heavy (non-hydrogen) atoms. The lowest BCUT2D eigenvalue weighted by molar-refractivity contribution is 0.200. The standard InChI is InChI=1S/C13H21N2S2/c1-9(2)15(10(3)4)11-7-5-6-8-12(11)16-13(15)17-14/h5-10,13H,14H2,1-4H3/q+1. The number of nitrogens with zero attached hydrogens (tertiary/aromatic N) is 1. The zero-order valence-electron chi connectivity index (χ0n) is 10.9. The van der Waals surface area contributed by atoms with Crippen LogP contribution in [-0.4, -0.2) is 16.8 Å². The molecule has 0 bridgehead atoms. The van der Waals surface area contributed by atoms with Gasteiger partial charge in [-0.05, 0) is 57.5 Å². The van der Waals surface area contributed by atoms with E-state index >= 15 is 0 Å². The number of hydrogen-bond donors (Lipinski definition) is 1. The number of fused-ring (bicyclic) bond motifs is 1. The average molecular weight is 269 g/mol. The van der Waals surface area contributed by atoms with Gasteiger partial charge in [-0.3, -0.25) is 9.62 Å². The molecule has 2 rings (SSSR count). The molecule has 1 aliphatic rings. The number of thioether (sulfide) groups is 1. The van der Waals surface area contributed by atoms with Gasteiger partial charge in [0.25, 0.3) is 0 Å². The lowest BCUT2D eigenvalue weighted by atomic mass is 10.1. The van der Waals surface area contributed by atoms with Crippen LogP contribution in [0.3, 0.4) is 0 Å². The van der Waals surface area contributed by atoms with Gasteiger partial charge >= 0.3 is 0 Å². The molecule has 4 heteroatoms. The molecule has 0 spiro atoms. The number of quaternary nitrogens is 1. The molecule has 0 fully saturated rings. The first-order valence-electron chi connectivity index (χ1n) is 6.05. The summed E-state index contributed by atoms with van der Waals surface area (Å²) in [6.45, 7) is 9.19. The largest absolute Gasteiger partial charge is 0.272 e. The first kappa shape index (κ1) is 13.3. The summed E-state index contributed by atoms with van der Waals surface area (Å²) in [7, 11) is 0. The van der Waals surface area contributed by atoms with Crippen molar-refractivity contribution in [3.8, 4) is 0 Å². The number of hydrogen-bond acceptors (Lipinski definition) is 3. The second kappa shape index (κ2) is 4.84. The molecule has 0 radical (unpaired) electrons. The summed E-state index contributed by atoms with van der Waals surface area (Å²) >= 11 is 3.40. The third-order valence-corrected chi connectivity index (χ3v) is 6.04. The van der Waals surface area contributed by atoms with Gasteiger partial charge in [-0.25, -0.2) is 0 Å². The SMILES string of the molecule is CC(C)[N+]1(C(C)C)c2ccccc2SC1SN. The fourth-order valence-corrected chi connectivity index (χ4v) is 5.79. The van der Waals surface area contributed by atoms with E-state index in [2.05, 4.69) is 52.0 Å². The second-order valence-corrected chi connectivity index (χ2v) is 7.19. The summed E-state index contributed by atoms with van der Waals surface area (Å²) in [5.41, 5.74) is 1.44. The average Bonchev–Trinajstić information content (AvgIpc) is 2.63. The fourth-order valence-electron chi connectivity index (χ4n) is 2.95. The topological polar surface area (TPSA) is 26.0 Å². The molecule has 1 heterocycles. The van der Waals surface area contributed by atoms with Crippen LogP contribution in [0.5, 0.6) is 0 Å². The highest BCUT2D eigenvalue weighted by atomic mass is 32.2. The highest BCUT2D eigenvalue weighted by molar-refractivity contribution is 8.16. The van der Waals surface area contributed by atoms with Crippen molar-refractivity contribution in [1.82, 2.24) is 4.48 Å². The predicted octanol–water partition coefficient (Wildman–Crippen LogP) is 3.81. The molecule has 1 aliphatic heterocycles. The zero-order chi connectivity index (χ0) is 12.6. The van der Waals surface area contributed by atoms with Gasteiger partial charge in [0.2, 0.25) is 4.71 Å². The number of nitrogens with two attached hydrogens (primary N) is 1. The Balaban J connectivity index is 2.61. The normalized spacial score (nSPS) is 22.2. The Kier molecular flexibility index (Phi) is 3.78. The molecule has 0 aromatic heterocycles. The van der Waals surface area contributed by atoms with E-state index in [1.165, 1.54) is 22.5 Å². The van der Waals surface area contributed by atoms with Crippen molar-refractivity contribution in [1.29, 1.82) is 0 Å². The van der Waals surface area contributed by atoms with Crippen LogP contribution >= 0.6 is 23.7 Å². The minimum Gasteiger partial charge on any atom is -0.272 e. The van der Waals surface area contributed by atoms with Gasteiger partial charge in [0.05, 0.1) is 17.0 Å². The molecule has 0 aliphatic carbocycles. The maximum Gasteiger partial charge on any atom is 0.206 e. The summed E-state index contributed by atoms with van der Waals surface area (Å²) in [6.07, 6.45) is 0. The number of para-hydroxylation sites is 1. The van der Waals surface area contributed by atoms with E-state index in [0.29, 0.717) is 16.8 Å². The summed E-state index contributed by atoms with van der Waals surface area (Å²) in [6, 6.07) is 9.80. The molecule has 0 amide bonds. The van der Waals surface area contributed by atoms with Crippen molar-refractivity contribution >= 4 is 29.4 Å². The van der Waals surface area contributed by atoms with Gasteiger partial charge in [0.1, 0.15) is 5.69 Å². The molecule has 1 aromatic carbocycles. The summed E-state index contributed by atoms with van der Waals surface area (Å²) in [5.74, 6) is 0. The summed E-state index contributed by atoms with van der Waals surface area (Å²) < 4.78 is 1.34. The first-order chi connectivity index (χ1) is 8.05. The van der Waals surface area contributed by atoms with Crippen molar-refractivity contribution in [3.05, 3.63) is 24.3 Å². The molecule has 94 valence electrons.